The molecule has 0 heterocycles. The quantitative estimate of drug-likeness (QED) is 0.481. The van der Waals surface area contributed by atoms with Crippen molar-refractivity contribution in [1.82, 2.24) is 5.32 Å². The molecular formula is C31H43N3O3. The molecule has 37 heavy (non-hydrogen) atoms. The fraction of sp³-hybridized carbons (Fsp3) is 0.742. The highest BCUT2D eigenvalue weighted by molar-refractivity contribution is 6.04. The number of nitrogens with two attached hydrogens (primary N) is 1. The Bertz CT molecular complexity index is 1200. The van der Waals surface area contributed by atoms with Crippen LogP contribution in [0.1, 0.15) is 93.4 Å². The summed E-state index contributed by atoms with van der Waals surface area (Å²) in [6, 6.07) is 1.67. The molecule has 3 fully saturated rings. The number of hydrogen-bond donors (Lipinski definition) is 2. The van der Waals surface area contributed by atoms with Crippen LogP contribution in [-0.4, -0.2) is 23.1 Å². The number of carbonyl (C=O) groups excluding carboxylic acids is 3. The summed E-state index contributed by atoms with van der Waals surface area (Å²) in [5.74, 6) is -0.109. The van der Waals surface area contributed by atoms with Gasteiger partial charge < -0.3 is 11.1 Å². The molecule has 0 spiro atoms. The third-order valence-corrected chi connectivity index (χ3v) is 12.2. The summed E-state index contributed by atoms with van der Waals surface area (Å²) in [5.41, 5.74) is 4.90. The molecule has 0 aliphatic heterocycles. The normalized spacial score (nSPS) is 45.6. The van der Waals surface area contributed by atoms with Crippen LogP contribution >= 0.6 is 0 Å². The zero-order valence-electron chi connectivity index (χ0n) is 23.6. The molecule has 200 valence electrons. The van der Waals surface area contributed by atoms with Crippen molar-refractivity contribution >= 4 is 17.6 Å². The average Bonchev–Trinajstić information content (AvgIpc) is 2.78. The highest BCUT2D eigenvalue weighted by atomic mass is 16.2. The molecule has 0 aromatic carbocycles. The van der Waals surface area contributed by atoms with Gasteiger partial charge in [-0.1, -0.05) is 60.1 Å². The lowest BCUT2D eigenvalue weighted by Crippen LogP contribution is -2.70. The molecule has 3 saturated carbocycles. The van der Waals surface area contributed by atoms with Crippen LogP contribution in [0.4, 0.5) is 4.79 Å². The molecule has 2 amide bonds. The van der Waals surface area contributed by atoms with Gasteiger partial charge >= 0.3 is 6.03 Å². The topological polar surface area (TPSA) is 113 Å². The molecule has 2 unspecified atom stereocenters. The van der Waals surface area contributed by atoms with E-state index in [1.807, 2.05) is 26.0 Å². The zero-order chi connectivity index (χ0) is 27.4. The van der Waals surface area contributed by atoms with Crippen molar-refractivity contribution in [2.75, 3.05) is 0 Å². The smallest absolute Gasteiger partial charge is 0.312 e. The first-order chi connectivity index (χ1) is 17.0. The fourth-order valence-electron chi connectivity index (χ4n) is 10.1. The number of nitriles is 1. The zero-order valence-corrected chi connectivity index (χ0v) is 23.6. The summed E-state index contributed by atoms with van der Waals surface area (Å²) >= 11 is 0. The highest BCUT2D eigenvalue weighted by Gasteiger charge is 2.70. The first-order valence-electron chi connectivity index (χ1n) is 14.0. The number of Topliss-reactive ketones (excluding diaryl/α,β-unsaturated/α-hetero) is 1. The number of carbonyl (C=O) groups is 3. The minimum absolute atomic E-state index is 0.0183. The van der Waals surface area contributed by atoms with E-state index in [2.05, 4.69) is 46.0 Å². The van der Waals surface area contributed by atoms with E-state index in [0.29, 0.717) is 0 Å². The summed E-state index contributed by atoms with van der Waals surface area (Å²) in [7, 11) is 0. The van der Waals surface area contributed by atoms with Crippen molar-refractivity contribution in [1.29, 1.82) is 5.26 Å². The molecule has 3 N–H and O–H groups in total. The minimum Gasteiger partial charge on any atom is -0.352 e. The highest BCUT2D eigenvalue weighted by Crippen LogP contribution is 2.73. The molecule has 0 saturated heterocycles. The number of amides is 2. The molecular weight excluding hydrogens is 462 g/mol. The summed E-state index contributed by atoms with van der Waals surface area (Å²) < 4.78 is 0. The second kappa shape index (κ2) is 7.58. The average molecular weight is 506 g/mol. The SMILES string of the molecule is CC1(C)CC[C@]2(NC(N)=O)CC[C@]3(C)C(C(=O)C=C4[C@@]5(C)C=C(C#N)C(=O)C(C)(C)[C@@H]5CC[C@]43C)C2C1. The Kier molecular flexibility index (Phi) is 5.37. The number of allylic oxidation sites excluding steroid dienone is 4. The number of primary amides is 1. The van der Waals surface area contributed by atoms with Crippen LogP contribution in [0.25, 0.3) is 0 Å². The molecule has 0 aromatic rings. The number of urea groups is 1. The second-order valence-corrected chi connectivity index (χ2v) is 14.9. The summed E-state index contributed by atoms with van der Waals surface area (Å²) in [5, 5.41) is 13.0. The van der Waals surface area contributed by atoms with Crippen molar-refractivity contribution in [3.63, 3.8) is 0 Å². The van der Waals surface area contributed by atoms with E-state index in [9.17, 15) is 19.6 Å². The Balaban J connectivity index is 1.69. The maximum absolute atomic E-state index is 14.3. The third-order valence-electron chi connectivity index (χ3n) is 12.2. The van der Waals surface area contributed by atoms with Gasteiger partial charge in [0.15, 0.2) is 11.6 Å². The predicted molar refractivity (Wildman–Crippen MR) is 142 cm³/mol. The van der Waals surface area contributed by atoms with Gasteiger partial charge in [0.2, 0.25) is 0 Å². The lowest BCUT2D eigenvalue weighted by molar-refractivity contribution is -0.160. The van der Waals surface area contributed by atoms with Gasteiger partial charge in [-0.3, -0.25) is 9.59 Å². The van der Waals surface area contributed by atoms with Gasteiger partial charge in [-0.2, -0.15) is 5.26 Å². The Morgan fingerprint density at radius 2 is 1.68 bits per heavy atom. The van der Waals surface area contributed by atoms with Crippen molar-refractivity contribution in [3.8, 4) is 6.07 Å². The van der Waals surface area contributed by atoms with Crippen molar-refractivity contribution in [2.24, 2.45) is 50.6 Å². The van der Waals surface area contributed by atoms with Crippen LogP contribution < -0.4 is 11.1 Å². The standard InChI is InChI=1S/C31H43N3O3/c1-26(2)10-12-31(34-25(33)37)13-11-30(7)23(19(31)16-26)20(35)14-22-28(5)15-18(17-32)24(36)27(3,4)21(28)8-9-29(22,30)6/h14-15,19,21,23H,8-13,16H2,1-7H3,(H3,33,34,37)/t19?,21-,23?,28-,29+,30+,31-/m0/s1. The van der Waals surface area contributed by atoms with E-state index >= 15 is 0 Å². The van der Waals surface area contributed by atoms with Gasteiger partial charge in [-0.15, -0.1) is 0 Å². The Morgan fingerprint density at radius 3 is 2.30 bits per heavy atom. The van der Waals surface area contributed by atoms with Crippen molar-refractivity contribution < 1.29 is 14.4 Å². The van der Waals surface area contributed by atoms with Crippen LogP contribution in [0, 0.1) is 56.2 Å². The Morgan fingerprint density at radius 1 is 1.03 bits per heavy atom. The second-order valence-electron chi connectivity index (χ2n) is 14.9. The molecule has 5 aliphatic rings. The molecule has 5 rings (SSSR count). The van der Waals surface area contributed by atoms with E-state index < -0.39 is 22.4 Å². The molecule has 0 aromatic heterocycles. The fourth-order valence-corrected chi connectivity index (χ4v) is 10.1. The Hall–Kier alpha value is -2.42. The van der Waals surface area contributed by atoms with Crippen LogP contribution in [0.15, 0.2) is 23.3 Å². The predicted octanol–water partition coefficient (Wildman–Crippen LogP) is 5.63. The number of nitrogens with one attached hydrogen (secondary N) is 1. The van der Waals surface area contributed by atoms with Crippen molar-refractivity contribution in [3.05, 3.63) is 23.3 Å². The monoisotopic (exact) mass is 505 g/mol. The number of fused-ring (bicyclic) bond motifs is 7. The Labute approximate surface area is 221 Å². The van der Waals surface area contributed by atoms with Crippen LogP contribution in [-0.2, 0) is 9.59 Å². The molecule has 0 radical (unpaired) electrons. The summed E-state index contributed by atoms with van der Waals surface area (Å²) in [6.45, 7) is 15.2. The summed E-state index contributed by atoms with van der Waals surface area (Å²) in [6.07, 6.45) is 9.89. The van der Waals surface area contributed by atoms with E-state index in [1.165, 1.54) is 0 Å². The van der Waals surface area contributed by atoms with Gasteiger partial charge in [0.1, 0.15) is 6.07 Å². The third kappa shape index (κ3) is 3.25. The summed E-state index contributed by atoms with van der Waals surface area (Å²) in [4.78, 5) is 39.7. The molecule has 7 atom stereocenters. The lowest BCUT2D eigenvalue weighted by atomic mass is 9.35. The number of ketones is 2. The lowest BCUT2D eigenvalue weighted by Gasteiger charge is -2.69. The maximum atomic E-state index is 14.3. The number of hydrogen-bond acceptors (Lipinski definition) is 4. The van der Waals surface area contributed by atoms with Crippen LogP contribution in [0.5, 0.6) is 0 Å². The van der Waals surface area contributed by atoms with E-state index in [-0.39, 0.29) is 51.1 Å². The maximum Gasteiger partial charge on any atom is 0.312 e. The molecule has 0 bridgehead atoms. The number of rotatable bonds is 1. The first-order valence-corrected chi connectivity index (χ1v) is 14.0. The minimum atomic E-state index is -0.669. The van der Waals surface area contributed by atoms with E-state index in [4.69, 9.17) is 5.73 Å². The number of nitrogens with zero attached hydrogens (tertiary/aromatic N) is 1. The van der Waals surface area contributed by atoms with Crippen molar-refractivity contribution in [2.45, 2.75) is 99.0 Å². The molecule has 5 aliphatic carbocycles. The van der Waals surface area contributed by atoms with Gasteiger partial charge in [0, 0.05) is 22.3 Å². The first kappa shape index (κ1) is 26.2. The van der Waals surface area contributed by atoms with E-state index in [0.717, 1.165) is 50.5 Å². The van der Waals surface area contributed by atoms with Crippen LogP contribution in [0.3, 0.4) is 0 Å². The molecule has 6 heteroatoms. The van der Waals surface area contributed by atoms with Gasteiger partial charge in [0.05, 0.1) is 5.57 Å². The van der Waals surface area contributed by atoms with Gasteiger partial charge in [0.25, 0.3) is 0 Å². The molecule has 6 nitrogen and oxygen atoms in total. The van der Waals surface area contributed by atoms with E-state index in [1.54, 1.807) is 0 Å². The van der Waals surface area contributed by atoms with Gasteiger partial charge in [-0.25, -0.2) is 4.79 Å². The van der Waals surface area contributed by atoms with Gasteiger partial charge in [-0.05, 0) is 79.1 Å². The largest absolute Gasteiger partial charge is 0.352 e. The van der Waals surface area contributed by atoms with Crippen LogP contribution in [0.2, 0.25) is 0 Å².